The fourth-order valence-electron chi connectivity index (χ4n) is 5.50. The molecular formula is C29H32F3N8O3PS. The van der Waals surface area contributed by atoms with Gasteiger partial charge in [0.15, 0.2) is 5.13 Å². The van der Waals surface area contributed by atoms with Crippen LogP contribution in [0.3, 0.4) is 0 Å². The van der Waals surface area contributed by atoms with Crippen molar-refractivity contribution in [2.24, 2.45) is 0 Å². The molecule has 0 bridgehead atoms. The van der Waals surface area contributed by atoms with Crippen molar-refractivity contribution >= 4 is 43.4 Å². The molecule has 45 heavy (non-hydrogen) atoms. The van der Waals surface area contributed by atoms with E-state index in [0.29, 0.717) is 43.4 Å². The molecule has 11 nitrogen and oxygen atoms in total. The van der Waals surface area contributed by atoms with Crippen LogP contribution >= 0.6 is 20.6 Å². The van der Waals surface area contributed by atoms with Gasteiger partial charge >= 0.3 is 12.1 Å². The lowest BCUT2D eigenvalue weighted by Gasteiger charge is -2.40. The van der Waals surface area contributed by atoms with Crippen LogP contribution in [0.5, 0.6) is 0 Å². The number of aliphatic carboxylic acids is 1. The number of carboxylic acids is 1. The van der Waals surface area contributed by atoms with Crippen molar-refractivity contribution in [3.05, 3.63) is 52.3 Å². The number of thiazole rings is 1. The zero-order chi connectivity index (χ0) is 32.3. The Kier molecular flexibility index (Phi) is 9.98. The zero-order valence-corrected chi connectivity index (χ0v) is 26.4. The Morgan fingerprint density at radius 2 is 1.98 bits per heavy atom. The van der Waals surface area contributed by atoms with Crippen molar-refractivity contribution in [3.8, 4) is 17.3 Å². The first kappa shape index (κ1) is 32.7. The monoisotopic (exact) mass is 660 g/mol. The van der Waals surface area contributed by atoms with Crippen LogP contribution in [0, 0.1) is 11.3 Å². The Hall–Kier alpha value is -3.70. The molecule has 0 radical (unpaired) electrons. The molecular weight excluding hydrogens is 628 g/mol. The highest BCUT2D eigenvalue weighted by molar-refractivity contribution is 7.17. The summed E-state index contributed by atoms with van der Waals surface area (Å²) < 4.78 is 41.0. The minimum atomic E-state index is -4.65. The average Bonchev–Trinajstić information content (AvgIpc) is 3.60. The summed E-state index contributed by atoms with van der Waals surface area (Å²) in [6.07, 6.45) is 0.252. The molecule has 1 amide bonds. The molecule has 2 aliphatic rings. The van der Waals surface area contributed by atoms with Crippen molar-refractivity contribution < 1.29 is 27.9 Å². The second-order valence-electron chi connectivity index (χ2n) is 11.1. The number of anilines is 2. The van der Waals surface area contributed by atoms with Crippen LogP contribution in [0.1, 0.15) is 52.7 Å². The van der Waals surface area contributed by atoms with E-state index in [9.17, 15) is 28.0 Å². The number of hydrogen-bond donors (Lipinski definition) is 2. The number of aromatic nitrogens is 3. The Morgan fingerprint density at radius 3 is 2.60 bits per heavy atom. The largest absolute Gasteiger partial charge is 0.481 e. The Balaban J connectivity index is 1.34. The smallest absolute Gasteiger partial charge is 0.416 e. The van der Waals surface area contributed by atoms with Crippen LogP contribution in [0.15, 0.2) is 30.6 Å². The summed E-state index contributed by atoms with van der Waals surface area (Å²) in [5.41, 5.74) is -0.617. The molecule has 0 saturated carbocycles. The van der Waals surface area contributed by atoms with E-state index in [1.165, 1.54) is 29.8 Å². The lowest BCUT2D eigenvalue weighted by molar-refractivity contribution is -0.138. The standard InChI is InChI=1S/C29H32F3N8O3PS/c1-17-15-39(8-7-38(17)6-4-25(41)42)23-14-34-21(13-35-23)27(43)37-28-36-26(22(45-28)16-40-5-2-3-24(40)44)19-9-18(12-33)10-20(11-19)29(30,31)32/h9-11,13-14,17,24H,2-8,15-16,44H2,1H3,(H,41,42)(H,36,37,43)/t17-,24-/m1/s1. The molecule has 238 valence electrons. The summed E-state index contributed by atoms with van der Waals surface area (Å²) in [6, 6.07) is 5.07. The van der Waals surface area contributed by atoms with Gasteiger partial charge in [-0.05, 0) is 44.5 Å². The molecule has 0 spiro atoms. The highest BCUT2D eigenvalue weighted by Gasteiger charge is 2.32. The summed E-state index contributed by atoms with van der Waals surface area (Å²) in [4.78, 5) is 44.3. The number of nitrogens with zero attached hydrogens (tertiary/aromatic N) is 7. The van der Waals surface area contributed by atoms with E-state index < -0.39 is 23.6 Å². The van der Waals surface area contributed by atoms with Crippen molar-refractivity contribution in [3.63, 3.8) is 0 Å². The maximum Gasteiger partial charge on any atom is 0.416 e. The van der Waals surface area contributed by atoms with Crippen LogP contribution in [0.25, 0.3) is 11.3 Å². The van der Waals surface area contributed by atoms with Crippen molar-refractivity contribution in [1.82, 2.24) is 24.8 Å². The molecule has 0 aliphatic carbocycles. The van der Waals surface area contributed by atoms with Gasteiger partial charge in [-0.25, -0.2) is 15.0 Å². The van der Waals surface area contributed by atoms with Gasteiger partial charge in [0, 0.05) is 55.0 Å². The predicted octanol–water partition coefficient (Wildman–Crippen LogP) is 4.53. The quantitative estimate of drug-likeness (QED) is 0.315. The second kappa shape index (κ2) is 13.7. The van der Waals surface area contributed by atoms with E-state index in [0.717, 1.165) is 31.5 Å². The van der Waals surface area contributed by atoms with E-state index in [-0.39, 0.29) is 45.9 Å². The predicted molar refractivity (Wildman–Crippen MR) is 166 cm³/mol. The normalized spacial score (nSPS) is 19.4. The number of halogens is 3. The number of nitriles is 1. The van der Waals surface area contributed by atoms with Gasteiger partial charge < -0.3 is 10.0 Å². The number of carbonyl (C=O) groups excluding carboxylic acids is 1. The Bertz CT molecular complexity index is 1600. The molecule has 16 heteroatoms. The summed E-state index contributed by atoms with van der Waals surface area (Å²) >= 11 is 1.17. The molecule has 5 rings (SSSR count). The lowest BCUT2D eigenvalue weighted by Crippen LogP contribution is -2.52. The van der Waals surface area contributed by atoms with Gasteiger partial charge in [-0.15, -0.1) is 9.24 Å². The van der Waals surface area contributed by atoms with Crippen molar-refractivity contribution in [2.45, 2.75) is 50.7 Å². The minimum Gasteiger partial charge on any atom is -0.481 e. The fourth-order valence-corrected chi connectivity index (χ4v) is 7.00. The minimum absolute atomic E-state index is 0.0422. The number of amides is 1. The molecule has 1 unspecified atom stereocenters. The van der Waals surface area contributed by atoms with E-state index in [4.69, 9.17) is 5.11 Å². The Morgan fingerprint density at radius 1 is 1.18 bits per heavy atom. The summed E-state index contributed by atoms with van der Waals surface area (Å²) in [5.74, 6) is -0.609. The molecule has 2 N–H and O–H groups in total. The van der Waals surface area contributed by atoms with E-state index in [1.54, 1.807) is 6.07 Å². The van der Waals surface area contributed by atoms with E-state index in [2.05, 4.69) is 39.3 Å². The third-order valence-electron chi connectivity index (χ3n) is 7.91. The number of hydrogen-bond acceptors (Lipinski definition) is 10. The summed E-state index contributed by atoms with van der Waals surface area (Å²) in [5, 5.41) is 21.3. The van der Waals surface area contributed by atoms with Gasteiger partial charge in [0.05, 0.1) is 41.7 Å². The highest BCUT2D eigenvalue weighted by atomic mass is 32.1. The molecule has 4 heterocycles. The first-order valence-corrected chi connectivity index (χ1v) is 15.9. The molecule has 3 atom stereocenters. The average molecular weight is 661 g/mol. The van der Waals surface area contributed by atoms with Crippen LogP contribution in [0.4, 0.5) is 24.1 Å². The molecule has 3 aromatic rings. The topological polar surface area (TPSA) is 139 Å². The summed E-state index contributed by atoms with van der Waals surface area (Å²) in [6.45, 7) is 5.66. The van der Waals surface area contributed by atoms with E-state index >= 15 is 0 Å². The number of carbonyl (C=O) groups is 2. The first-order valence-electron chi connectivity index (χ1n) is 14.4. The maximum atomic E-state index is 13.7. The van der Waals surface area contributed by atoms with Gasteiger partial charge in [0.25, 0.3) is 5.91 Å². The molecule has 2 aliphatic heterocycles. The van der Waals surface area contributed by atoms with Gasteiger partial charge in [-0.3, -0.25) is 24.7 Å². The van der Waals surface area contributed by atoms with Crippen molar-refractivity contribution in [2.75, 3.05) is 42.9 Å². The number of rotatable bonds is 9. The molecule has 2 saturated heterocycles. The third-order valence-corrected chi connectivity index (χ3v) is 9.62. The van der Waals surface area contributed by atoms with Crippen LogP contribution in [-0.4, -0.2) is 86.3 Å². The van der Waals surface area contributed by atoms with Gasteiger partial charge in [-0.1, -0.05) is 11.3 Å². The number of nitrogens with one attached hydrogen (secondary N) is 1. The fraction of sp³-hybridized carbons (Fsp3) is 0.448. The number of piperazine rings is 1. The second-order valence-corrected chi connectivity index (χ2v) is 12.9. The summed E-state index contributed by atoms with van der Waals surface area (Å²) in [7, 11) is 2.78. The zero-order valence-electron chi connectivity index (χ0n) is 24.4. The van der Waals surface area contributed by atoms with Gasteiger partial charge in [-0.2, -0.15) is 18.4 Å². The number of carboxylic acid groups (broad SMARTS) is 1. The lowest BCUT2D eigenvalue weighted by atomic mass is 10.0. The van der Waals surface area contributed by atoms with Crippen LogP contribution in [-0.2, 0) is 17.5 Å². The molecule has 1 aromatic carbocycles. The number of alkyl halides is 3. The number of benzene rings is 1. The molecule has 2 aromatic heterocycles. The third kappa shape index (κ3) is 7.94. The van der Waals surface area contributed by atoms with Crippen LogP contribution in [0.2, 0.25) is 0 Å². The number of likely N-dealkylation sites (tertiary alicyclic amines) is 1. The van der Waals surface area contributed by atoms with Crippen LogP contribution < -0.4 is 10.2 Å². The van der Waals surface area contributed by atoms with E-state index in [1.807, 2.05) is 11.8 Å². The first-order chi connectivity index (χ1) is 21.4. The molecule has 2 fully saturated rings. The maximum absolute atomic E-state index is 13.7. The van der Waals surface area contributed by atoms with Gasteiger partial charge in [0.2, 0.25) is 0 Å². The SMILES string of the molecule is C[C@@H]1CN(c2cnc(C(=O)Nc3nc(-c4cc(C#N)cc(C(F)(F)F)c4)c(CN4CCC[C@H]4P)s3)cn2)CCN1CCC(=O)O. The Labute approximate surface area is 264 Å². The van der Waals surface area contributed by atoms with Gasteiger partial charge in [0.1, 0.15) is 11.5 Å². The highest BCUT2D eigenvalue weighted by Crippen LogP contribution is 2.38. The van der Waals surface area contributed by atoms with Crippen molar-refractivity contribution in [1.29, 1.82) is 5.26 Å².